The molecule has 7 nitrogen and oxygen atoms in total. The summed E-state index contributed by atoms with van der Waals surface area (Å²) >= 11 is 6.93. The third-order valence-electron chi connectivity index (χ3n) is 6.92. The van der Waals surface area contributed by atoms with E-state index in [1.807, 2.05) is 6.08 Å². The summed E-state index contributed by atoms with van der Waals surface area (Å²) in [7, 11) is 3.88. The lowest BCUT2D eigenvalue weighted by molar-refractivity contribution is -0.880. The van der Waals surface area contributed by atoms with Crippen LogP contribution in [0.3, 0.4) is 0 Å². The van der Waals surface area contributed by atoms with Crippen LogP contribution in [-0.2, 0) is 11.8 Å². The molecule has 0 aromatic carbocycles. The van der Waals surface area contributed by atoms with Crippen molar-refractivity contribution in [2.75, 3.05) is 38.1 Å². The molecule has 0 spiro atoms. The van der Waals surface area contributed by atoms with Crippen LogP contribution in [0.4, 0.5) is 5.82 Å². The number of aromatic nitrogens is 1. The van der Waals surface area contributed by atoms with Crippen molar-refractivity contribution in [3.63, 3.8) is 0 Å². The topological polar surface area (TPSA) is 73.8 Å². The number of amides is 1. The maximum atomic E-state index is 13.4. The molecular formula is C23H30N5O2S2+. The molecule has 3 fully saturated rings. The summed E-state index contributed by atoms with van der Waals surface area (Å²) in [6.45, 7) is 5.37. The van der Waals surface area contributed by atoms with E-state index in [1.54, 1.807) is 23.4 Å². The van der Waals surface area contributed by atoms with Crippen LogP contribution in [0, 0.1) is 18.3 Å². The number of nitriles is 1. The van der Waals surface area contributed by atoms with E-state index < -0.39 is 0 Å². The van der Waals surface area contributed by atoms with Crippen LogP contribution in [0.1, 0.15) is 48.8 Å². The van der Waals surface area contributed by atoms with Crippen LogP contribution in [0.15, 0.2) is 9.70 Å². The van der Waals surface area contributed by atoms with Crippen LogP contribution >= 0.6 is 24.0 Å². The van der Waals surface area contributed by atoms with Gasteiger partial charge in [-0.1, -0.05) is 43.2 Å². The predicted octanol–water partition coefficient (Wildman–Crippen LogP) is 1.43. The molecular weight excluding hydrogens is 442 g/mol. The minimum Gasteiger partial charge on any atom is -0.346 e. The number of likely N-dealkylation sites (N-methyl/N-ethyl adjacent to an activating group) is 1. The van der Waals surface area contributed by atoms with Crippen LogP contribution in [0.5, 0.6) is 0 Å². The van der Waals surface area contributed by atoms with Gasteiger partial charge < -0.3 is 9.80 Å². The number of hydrogen-bond acceptors (Lipinski definition) is 6. The molecule has 1 aliphatic carbocycles. The molecule has 1 saturated carbocycles. The Morgan fingerprint density at radius 1 is 1.19 bits per heavy atom. The average Bonchev–Trinajstić information content (AvgIpc) is 3.07. The predicted molar refractivity (Wildman–Crippen MR) is 132 cm³/mol. The highest BCUT2D eigenvalue weighted by atomic mass is 32.2. The van der Waals surface area contributed by atoms with Crippen molar-refractivity contribution in [3.8, 4) is 6.07 Å². The Bertz CT molecular complexity index is 1070. The van der Waals surface area contributed by atoms with Crippen molar-refractivity contribution < 1.29 is 9.69 Å². The van der Waals surface area contributed by atoms with E-state index in [0.717, 1.165) is 63.2 Å². The number of thioether (sulfide) groups is 1. The van der Waals surface area contributed by atoms with E-state index in [1.165, 1.54) is 23.1 Å². The lowest BCUT2D eigenvalue weighted by atomic mass is 9.94. The van der Waals surface area contributed by atoms with Gasteiger partial charge in [0.05, 0.1) is 38.1 Å². The minimum absolute atomic E-state index is 0.0487. The summed E-state index contributed by atoms with van der Waals surface area (Å²) in [4.78, 5) is 32.3. The fourth-order valence-corrected chi connectivity index (χ4v) is 6.34. The SMILES string of the molecule is Cc1c(/C=C2\SC(=S)N(C3CCCCC3)C2=O)c(N2CC[NH+](C)CC2)n(C)c(=O)c1C#N. The monoisotopic (exact) mass is 472 g/mol. The van der Waals surface area contributed by atoms with Crippen LogP contribution in [0.2, 0.25) is 0 Å². The number of hydrogen-bond donors (Lipinski definition) is 1. The summed E-state index contributed by atoms with van der Waals surface area (Å²) in [6, 6.07) is 2.25. The maximum Gasteiger partial charge on any atom is 0.270 e. The van der Waals surface area contributed by atoms with Crippen LogP contribution < -0.4 is 15.4 Å². The Labute approximate surface area is 198 Å². The van der Waals surface area contributed by atoms with Crippen LogP contribution in [0.25, 0.3) is 6.08 Å². The number of thiocarbonyl (C=S) groups is 1. The first-order chi connectivity index (χ1) is 15.3. The average molecular weight is 473 g/mol. The van der Waals surface area contributed by atoms with E-state index >= 15 is 0 Å². The lowest BCUT2D eigenvalue weighted by Gasteiger charge is -2.34. The molecule has 4 rings (SSSR count). The molecule has 9 heteroatoms. The van der Waals surface area contributed by atoms with E-state index in [9.17, 15) is 14.9 Å². The smallest absolute Gasteiger partial charge is 0.270 e. The van der Waals surface area contributed by atoms with Gasteiger partial charge in [-0.15, -0.1) is 0 Å². The first kappa shape index (κ1) is 23.0. The van der Waals surface area contributed by atoms with Gasteiger partial charge in [0.1, 0.15) is 21.8 Å². The molecule has 1 N–H and O–H groups in total. The number of piperazine rings is 1. The molecule has 32 heavy (non-hydrogen) atoms. The highest BCUT2D eigenvalue weighted by molar-refractivity contribution is 8.26. The number of quaternary nitrogens is 1. The highest BCUT2D eigenvalue weighted by Crippen LogP contribution is 2.39. The Balaban J connectivity index is 1.79. The first-order valence-corrected chi connectivity index (χ1v) is 12.5. The number of nitrogens with one attached hydrogen (secondary N) is 1. The number of carbonyl (C=O) groups is 1. The second kappa shape index (κ2) is 9.38. The molecule has 170 valence electrons. The summed E-state index contributed by atoms with van der Waals surface area (Å²) < 4.78 is 2.18. The first-order valence-electron chi connectivity index (χ1n) is 11.3. The molecule has 0 radical (unpaired) electrons. The van der Waals surface area contributed by atoms with E-state index in [-0.39, 0.29) is 23.1 Å². The quantitative estimate of drug-likeness (QED) is 0.530. The lowest BCUT2D eigenvalue weighted by Crippen LogP contribution is -3.12. The maximum absolute atomic E-state index is 13.4. The highest BCUT2D eigenvalue weighted by Gasteiger charge is 2.38. The molecule has 0 bridgehead atoms. The van der Waals surface area contributed by atoms with E-state index in [0.29, 0.717) is 14.8 Å². The molecule has 1 aromatic heterocycles. The summed E-state index contributed by atoms with van der Waals surface area (Å²) in [6.07, 6.45) is 7.31. The Morgan fingerprint density at radius 3 is 2.47 bits per heavy atom. The van der Waals surface area contributed by atoms with Crippen molar-refractivity contribution >= 4 is 46.1 Å². The van der Waals surface area contributed by atoms with Crippen molar-refractivity contribution in [1.29, 1.82) is 5.26 Å². The fourth-order valence-electron chi connectivity index (χ4n) is 4.96. The zero-order valence-corrected chi connectivity index (χ0v) is 20.6. The summed E-state index contributed by atoms with van der Waals surface area (Å²) in [5, 5.41) is 9.65. The second-order valence-electron chi connectivity index (χ2n) is 9.00. The summed E-state index contributed by atoms with van der Waals surface area (Å²) in [5.74, 6) is 0.731. The van der Waals surface area contributed by atoms with Gasteiger partial charge in [0.25, 0.3) is 11.5 Å². The Hall–Kier alpha value is -2.15. The van der Waals surface area contributed by atoms with Crippen LogP contribution in [-0.4, -0.2) is 59.0 Å². The second-order valence-corrected chi connectivity index (χ2v) is 10.7. The van der Waals surface area contributed by atoms with Crippen molar-refractivity contribution in [1.82, 2.24) is 9.47 Å². The zero-order valence-electron chi connectivity index (χ0n) is 18.9. The van der Waals surface area contributed by atoms with Gasteiger partial charge in [-0.3, -0.25) is 19.1 Å². The van der Waals surface area contributed by atoms with Gasteiger partial charge in [-0.25, -0.2) is 0 Å². The van der Waals surface area contributed by atoms with Crippen molar-refractivity contribution in [3.05, 3.63) is 31.9 Å². The molecule has 2 saturated heterocycles. The molecule has 1 aromatic rings. The zero-order chi connectivity index (χ0) is 23.0. The third kappa shape index (κ3) is 4.12. The van der Waals surface area contributed by atoms with Crippen molar-refractivity contribution in [2.45, 2.75) is 45.1 Å². The van der Waals surface area contributed by atoms with Gasteiger partial charge in [0, 0.05) is 18.7 Å². The Morgan fingerprint density at radius 2 is 1.84 bits per heavy atom. The van der Waals surface area contributed by atoms with E-state index in [4.69, 9.17) is 12.2 Å². The molecule has 3 heterocycles. The van der Waals surface area contributed by atoms with Gasteiger partial charge in [0.2, 0.25) is 0 Å². The van der Waals surface area contributed by atoms with E-state index in [2.05, 4.69) is 18.0 Å². The number of nitrogens with zero attached hydrogens (tertiary/aromatic N) is 4. The van der Waals surface area contributed by atoms with Gasteiger partial charge in [-0.2, -0.15) is 5.26 Å². The minimum atomic E-state index is -0.293. The normalized spacial score (nSPS) is 22.1. The summed E-state index contributed by atoms with van der Waals surface area (Å²) in [5.41, 5.74) is 1.23. The van der Waals surface area contributed by atoms with Gasteiger partial charge in [-0.05, 0) is 31.4 Å². The molecule has 3 aliphatic rings. The molecule has 0 unspecified atom stereocenters. The fraction of sp³-hybridized carbons (Fsp3) is 0.565. The number of rotatable bonds is 3. The van der Waals surface area contributed by atoms with Crippen molar-refractivity contribution in [2.24, 2.45) is 7.05 Å². The largest absolute Gasteiger partial charge is 0.346 e. The number of carbonyl (C=O) groups excluding carboxylic acids is 1. The molecule has 1 amide bonds. The third-order valence-corrected chi connectivity index (χ3v) is 8.25. The van der Waals surface area contributed by atoms with Gasteiger partial charge >= 0.3 is 0 Å². The number of anilines is 1. The number of pyridine rings is 1. The standard InChI is InChI=1S/C23H29N5O2S2/c1-15-17(13-19-22(30)28(23(31)32-19)16-7-5-4-6-8-16)20(26(3)21(29)18(15)14-24)27-11-9-25(2)10-12-27/h13,16H,4-12H2,1-3H3/p+1/b19-13-. The Kier molecular flexibility index (Phi) is 6.75. The van der Waals surface area contributed by atoms with Gasteiger partial charge in [0.15, 0.2) is 0 Å². The molecule has 0 atom stereocenters. The molecule has 2 aliphatic heterocycles.